The van der Waals surface area contributed by atoms with Crippen LogP contribution in [-0.2, 0) is 0 Å². The molecule has 4 heteroatoms. The topological polar surface area (TPSA) is 50.1 Å². The van der Waals surface area contributed by atoms with Gasteiger partial charge in [0.15, 0.2) is 0 Å². The molecule has 4 nitrogen and oxygen atoms in total. The quantitative estimate of drug-likeness (QED) is 0.845. The van der Waals surface area contributed by atoms with Crippen molar-refractivity contribution in [3.05, 3.63) is 42.2 Å². The van der Waals surface area contributed by atoms with Crippen molar-refractivity contribution in [3.63, 3.8) is 0 Å². The van der Waals surface area contributed by atoms with Gasteiger partial charge in [-0.3, -0.25) is 0 Å². The van der Waals surface area contributed by atoms with Gasteiger partial charge in [-0.05, 0) is 25.2 Å². The number of phenolic OH excluding ortho intramolecular Hbond substituents is 1. The number of aromatic nitrogens is 2. The summed E-state index contributed by atoms with van der Waals surface area (Å²) in [4.78, 5) is 0. The monoisotopic (exact) mass is 231 g/mol. The van der Waals surface area contributed by atoms with Crippen LogP contribution in [-0.4, -0.2) is 28.5 Å². The summed E-state index contributed by atoms with van der Waals surface area (Å²) >= 11 is 0. The highest BCUT2D eigenvalue weighted by Crippen LogP contribution is 2.20. The molecule has 2 N–H and O–H groups in total. The Morgan fingerprint density at radius 3 is 2.94 bits per heavy atom. The molecule has 0 fully saturated rings. The third-order valence-corrected chi connectivity index (χ3v) is 2.76. The minimum Gasteiger partial charge on any atom is -0.508 e. The molecule has 0 amide bonds. The first kappa shape index (κ1) is 11.7. The second-order valence-corrected chi connectivity index (χ2v) is 4.15. The molecule has 0 aliphatic rings. The molecule has 0 aliphatic heterocycles. The number of nitrogens with one attached hydrogen (secondary N) is 1. The SMILES string of the molecule is CNCC(C)c1ccnn1-c1cccc(O)c1. The van der Waals surface area contributed by atoms with Crippen molar-refractivity contribution in [1.82, 2.24) is 15.1 Å². The Bertz CT molecular complexity index is 493. The van der Waals surface area contributed by atoms with Crippen LogP contribution >= 0.6 is 0 Å². The number of nitrogens with zero attached hydrogens (tertiary/aromatic N) is 2. The van der Waals surface area contributed by atoms with E-state index < -0.39 is 0 Å². The number of benzene rings is 1. The third kappa shape index (κ3) is 2.47. The van der Waals surface area contributed by atoms with Crippen molar-refractivity contribution in [2.45, 2.75) is 12.8 Å². The van der Waals surface area contributed by atoms with Crippen molar-refractivity contribution in [1.29, 1.82) is 0 Å². The molecule has 0 spiro atoms. The van der Waals surface area contributed by atoms with Crippen LogP contribution in [0.15, 0.2) is 36.5 Å². The lowest BCUT2D eigenvalue weighted by atomic mass is 10.1. The van der Waals surface area contributed by atoms with E-state index in [4.69, 9.17) is 0 Å². The van der Waals surface area contributed by atoms with E-state index in [0.29, 0.717) is 5.92 Å². The van der Waals surface area contributed by atoms with Gasteiger partial charge in [-0.15, -0.1) is 0 Å². The lowest BCUT2D eigenvalue weighted by Crippen LogP contribution is -2.17. The molecular formula is C13H17N3O. The molecule has 0 saturated heterocycles. The van der Waals surface area contributed by atoms with Crippen LogP contribution in [0.3, 0.4) is 0 Å². The first-order valence-corrected chi connectivity index (χ1v) is 5.70. The van der Waals surface area contributed by atoms with Crippen molar-refractivity contribution in [3.8, 4) is 11.4 Å². The second kappa shape index (κ2) is 5.01. The maximum atomic E-state index is 9.49. The summed E-state index contributed by atoms with van der Waals surface area (Å²) in [5.41, 5.74) is 2.01. The van der Waals surface area contributed by atoms with Gasteiger partial charge in [0.1, 0.15) is 5.75 Å². The van der Waals surface area contributed by atoms with E-state index in [0.717, 1.165) is 17.9 Å². The summed E-state index contributed by atoms with van der Waals surface area (Å²) in [5, 5.41) is 17.0. The van der Waals surface area contributed by atoms with Crippen molar-refractivity contribution in [2.75, 3.05) is 13.6 Å². The minimum atomic E-state index is 0.255. The first-order chi connectivity index (χ1) is 8.22. The van der Waals surface area contributed by atoms with Gasteiger partial charge in [0.25, 0.3) is 0 Å². The minimum absolute atomic E-state index is 0.255. The largest absolute Gasteiger partial charge is 0.508 e. The third-order valence-electron chi connectivity index (χ3n) is 2.76. The van der Waals surface area contributed by atoms with Crippen LogP contribution in [0.5, 0.6) is 5.75 Å². The van der Waals surface area contributed by atoms with E-state index in [1.807, 2.05) is 29.9 Å². The average Bonchev–Trinajstić information content (AvgIpc) is 2.78. The first-order valence-electron chi connectivity index (χ1n) is 5.70. The molecule has 0 radical (unpaired) electrons. The maximum absolute atomic E-state index is 9.49. The number of phenols is 1. The van der Waals surface area contributed by atoms with E-state index in [2.05, 4.69) is 17.3 Å². The van der Waals surface area contributed by atoms with Gasteiger partial charge in [0.05, 0.1) is 5.69 Å². The zero-order valence-electron chi connectivity index (χ0n) is 10.1. The summed E-state index contributed by atoms with van der Waals surface area (Å²) < 4.78 is 1.86. The zero-order chi connectivity index (χ0) is 12.3. The molecule has 0 saturated carbocycles. The molecule has 1 aromatic carbocycles. The molecule has 2 rings (SSSR count). The highest BCUT2D eigenvalue weighted by molar-refractivity contribution is 5.39. The number of hydrogen-bond acceptors (Lipinski definition) is 3. The summed E-state index contributed by atoms with van der Waals surface area (Å²) in [6.45, 7) is 3.04. The Hall–Kier alpha value is -1.81. The fraction of sp³-hybridized carbons (Fsp3) is 0.308. The molecule has 0 aliphatic carbocycles. The average molecular weight is 231 g/mol. The molecular weight excluding hydrogens is 214 g/mol. The van der Waals surface area contributed by atoms with Gasteiger partial charge in [0, 0.05) is 30.4 Å². The van der Waals surface area contributed by atoms with Crippen LogP contribution in [0.2, 0.25) is 0 Å². The molecule has 17 heavy (non-hydrogen) atoms. The molecule has 2 aromatic rings. The Morgan fingerprint density at radius 2 is 2.24 bits per heavy atom. The number of hydrogen-bond donors (Lipinski definition) is 2. The van der Waals surface area contributed by atoms with Gasteiger partial charge >= 0.3 is 0 Å². The van der Waals surface area contributed by atoms with Gasteiger partial charge in [-0.1, -0.05) is 13.0 Å². The van der Waals surface area contributed by atoms with Gasteiger partial charge < -0.3 is 10.4 Å². The second-order valence-electron chi connectivity index (χ2n) is 4.15. The number of rotatable bonds is 4. The van der Waals surface area contributed by atoms with Gasteiger partial charge in [-0.2, -0.15) is 5.10 Å². The summed E-state index contributed by atoms with van der Waals surface area (Å²) in [6, 6.07) is 9.12. The molecule has 0 bridgehead atoms. The maximum Gasteiger partial charge on any atom is 0.117 e. The fourth-order valence-electron chi connectivity index (χ4n) is 1.94. The summed E-state index contributed by atoms with van der Waals surface area (Å²) in [5.74, 6) is 0.620. The van der Waals surface area contributed by atoms with Crippen LogP contribution in [0.1, 0.15) is 18.5 Å². The van der Waals surface area contributed by atoms with Gasteiger partial charge in [-0.25, -0.2) is 4.68 Å². The van der Waals surface area contributed by atoms with E-state index in [1.165, 1.54) is 0 Å². The number of aromatic hydroxyl groups is 1. The predicted octanol–water partition coefficient (Wildman–Crippen LogP) is 1.90. The van der Waals surface area contributed by atoms with Crippen molar-refractivity contribution < 1.29 is 5.11 Å². The lowest BCUT2D eigenvalue weighted by molar-refractivity contribution is 0.474. The van der Waals surface area contributed by atoms with Crippen molar-refractivity contribution in [2.24, 2.45) is 0 Å². The summed E-state index contributed by atoms with van der Waals surface area (Å²) in [6.07, 6.45) is 1.78. The molecule has 1 aromatic heterocycles. The predicted molar refractivity (Wildman–Crippen MR) is 67.6 cm³/mol. The Balaban J connectivity index is 2.36. The zero-order valence-corrected chi connectivity index (χ0v) is 10.1. The Kier molecular flexibility index (Phi) is 3.44. The van der Waals surface area contributed by atoms with Crippen LogP contribution in [0.25, 0.3) is 5.69 Å². The summed E-state index contributed by atoms with van der Waals surface area (Å²) in [7, 11) is 1.94. The standard InChI is InChI=1S/C13H17N3O/c1-10(9-14-2)13-6-7-15-16(13)11-4-3-5-12(17)8-11/h3-8,10,14,17H,9H2,1-2H3. The van der Waals surface area contributed by atoms with Gasteiger partial charge in [0.2, 0.25) is 0 Å². The molecule has 1 atom stereocenters. The van der Waals surface area contributed by atoms with E-state index in [9.17, 15) is 5.11 Å². The smallest absolute Gasteiger partial charge is 0.117 e. The highest BCUT2D eigenvalue weighted by atomic mass is 16.3. The highest BCUT2D eigenvalue weighted by Gasteiger charge is 2.11. The van der Waals surface area contributed by atoms with Crippen LogP contribution < -0.4 is 5.32 Å². The fourth-order valence-corrected chi connectivity index (χ4v) is 1.94. The Morgan fingerprint density at radius 1 is 1.41 bits per heavy atom. The number of likely N-dealkylation sites (N-methyl/N-ethyl adjacent to an activating group) is 1. The van der Waals surface area contributed by atoms with E-state index in [1.54, 1.807) is 18.3 Å². The van der Waals surface area contributed by atoms with Crippen molar-refractivity contribution >= 4 is 0 Å². The normalized spacial score (nSPS) is 12.6. The Labute approximate surface area is 101 Å². The van der Waals surface area contributed by atoms with E-state index >= 15 is 0 Å². The van der Waals surface area contributed by atoms with E-state index in [-0.39, 0.29) is 5.75 Å². The van der Waals surface area contributed by atoms with Crippen LogP contribution in [0.4, 0.5) is 0 Å². The molecule has 90 valence electrons. The lowest BCUT2D eigenvalue weighted by Gasteiger charge is -2.13. The van der Waals surface area contributed by atoms with Crippen LogP contribution in [0, 0.1) is 0 Å². The molecule has 1 unspecified atom stereocenters. The molecule has 1 heterocycles.